The van der Waals surface area contributed by atoms with Crippen molar-refractivity contribution in [2.75, 3.05) is 13.3 Å². The van der Waals surface area contributed by atoms with Gasteiger partial charge >= 0.3 is 11.9 Å². The molecule has 0 radical (unpaired) electrons. The Morgan fingerprint density at radius 3 is 2.29 bits per heavy atom. The number of hydrogen-bond donors (Lipinski definition) is 0. The van der Waals surface area contributed by atoms with Crippen LogP contribution in [0.25, 0.3) is 0 Å². The Balaban J connectivity index is 2.99. The molecule has 0 fully saturated rings. The number of alkyl halides is 2. The van der Waals surface area contributed by atoms with Gasteiger partial charge in [0.15, 0.2) is 24.8 Å². The van der Waals surface area contributed by atoms with Gasteiger partial charge in [0.1, 0.15) is 0 Å². The summed E-state index contributed by atoms with van der Waals surface area (Å²) in [4.78, 5) is 21.6. The minimum atomic E-state index is -1.30. The van der Waals surface area contributed by atoms with Crippen molar-refractivity contribution >= 4 is 34.5 Å². The van der Waals surface area contributed by atoms with Gasteiger partial charge < -0.3 is 9.47 Å². The van der Waals surface area contributed by atoms with Crippen LogP contribution in [-0.4, -0.2) is 25.3 Å². The fourth-order valence-electron chi connectivity index (χ4n) is 0.960. The molecule has 1 rings (SSSR count). The van der Waals surface area contributed by atoms with Gasteiger partial charge in [-0.15, -0.1) is 0 Å². The van der Waals surface area contributed by atoms with Crippen molar-refractivity contribution in [2.24, 2.45) is 0 Å². The van der Waals surface area contributed by atoms with E-state index < -0.39 is 25.3 Å². The Hall–Kier alpha value is -1.25. The molecular formula is C10H7F2IO4. The third-order valence-corrected chi connectivity index (χ3v) is 2.44. The highest BCUT2D eigenvalue weighted by Gasteiger charge is 2.16. The van der Waals surface area contributed by atoms with Gasteiger partial charge in [-0.05, 0) is 34.7 Å². The summed E-state index contributed by atoms with van der Waals surface area (Å²) in [7, 11) is 0. The highest BCUT2D eigenvalue weighted by molar-refractivity contribution is 14.1. The fourth-order valence-corrected chi connectivity index (χ4v) is 1.54. The zero-order valence-corrected chi connectivity index (χ0v) is 10.6. The Labute approximate surface area is 109 Å². The SMILES string of the molecule is O=C(CF)Oc1cccc(I)c1OC(=O)CF. The molecule has 0 unspecified atom stereocenters. The van der Waals surface area contributed by atoms with Crippen molar-refractivity contribution in [3.05, 3.63) is 21.8 Å². The highest BCUT2D eigenvalue weighted by Crippen LogP contribution is 2.32. The normalized spacial score (nSPS) is 9.82. The van der Waals surface area contributed by atoms with Crippen molar-refractivity contribution < 1.29 is 27.8 Å². The first-order valence-electron chi connectivity index (χ1n) is 4.40. The Bertz CT molecular complexity index is 436. The van der Waals surface area contributed by atoms with Crippen LogP contribution in [0.2, 0.25) is 0 Å². The predicted molar refractivity (Wildman–Crippen MR) is 62.4 cm³/mol. The first kappa shape index (κ1) is 13.8. The third kappa shape index (κ3) is 3.91. The van der Waals surface area contributed by atoms with Crippen LogP contribution < -0.4 is 9.47 Å². The van der Waals surface area contributed by atoms with E-state index in [1.54, 1.807) is 6.07 Å². The molecule has 0 atom stereocenters. The number of para-hydroxylation sites is 1. The zero-order valence-electron chi connectivity index (χ0n) is 8.41. The number of carbonyl (C=O) groups excluding carboxylic acids is 2. The van der Waals surface area contributed by atoms with E-state index in [9.17, 15) is 18.4 Å². The topological polar surface area (TPSA) is 52.6 Å². The highest BCUT2D eigenvalue weighted by atomic mass is 127. The minimum Gasteiger partial charge on any atom is -0.421 e. The lowest BCUT2D eigenvalue weighted by atomic mass is 10.3. The summed E-state index contributed by atoms with van der Waals surface area (Å²) in [6.07, 6.45) is 0. The van der Waals surface area contributed by atoms with Crippen molar-refractivity contribution in [3.63, 3.8) is 0 Å². The van der Waals surface area contributed by atoms with E-state index in [0.29, 0.717) is 3.57 Å². The lowest BCUT2D eigenvalue weighted by Crippen LogP contribution is -2.14. The van der Waals surface area contributed by atoms with Crippen molar-refractivity contribution in [1.29, 1.82) is 0 Å². The van der Waals surface area contributed by atoms with Crippen LogP contribution in [0.15, 0.2) is 18.2 Å². The van der Waals surface area contributed by atoms with Gasteiger partial charge in [0.25, 0.3) is 0 Å². The van der Waals surface area contributed by atoms with Crippen LogP contribution in [0.3, 0.4) is 0 Å². The van der Waals surface area contributed by atoms with Gasteiger partial charge in [0, 0.05) is 0 Å². The van der Waals surface area contributed by atoms with Gasteiger partial charge in [0.05, 0.1) is 3.57 Å². The van der Waals surface area contributed by atoms with Gasteiger partial charge in [-0.1, -0.05) is 6.07 Å². The maximum atomic E-state index is 12.0. The van der Waals surface area contributed by atoms with E-state index in [2.05, 4.69) is 9.47 Å². The summed E-state index contributed by atoms with van der Waals surface area (Å²) in [6, 6.07) is 4.40. The molecular weight excluding hydrogens is 349 g/mol. The number of halogens is 3. The molecule has 7 heteroatoms. The van der Waals surface area contributed by atoms with Crippen LogP contribution in [0.4, 0.5) is 8.78 Å². The molecule has 0 bridgehead atoms. The molecule has 0 spiro atoms. The van der Waals surface area contributed by atoms with Crippen molar-refractivity contribution in [3.8, 4) is 11.5 Å². The van der Waals surface area contributed by atoms with Crippen LogP contribution in [0.5, 0.6) is 11.5 Å². The number of esters is 2. The molecule has 0 amide bonds. The lowest BCUT2D eigenvalue weighted by molar-refractivity contribution is -0.138. The van der Waals surface area contributed by atoms with Crippen molar-refractivity contribution in [2.45, 2.75) is 0 Å². The average Bonchev–Trinajstić information content (AvgIpc) is 2.33. The number of carbonyl (C=O) groups is 2. The minimum absolute atomic E-state index is 0.0995. The van der Waals surface area contributed by atoms with Crippen molar-refractivity contribution in [1.82, 2.24) is 0 Å². The molecule has 92 valence electrons. The fraction of sp³-hybridized carbons (Fsp3) is 0.200. The second-order valence-corrected chi connectivity index (χ2v) is 3.94. The monoisotopic (exact) mass is 356 g/mol. The summed E-state index contributed by atoms with van der Waals surface area (Å²) in [5, 5.41) is 0. The van der Waals surface area contributed by atoms with E-state index in [1.165, 1.54) is 12.1 Å². The standard InChI is InChI=1S/C10H7F2IO4/c11-4-8(14)16-7-3-1-2-6(13)10(7)17-9(15)5-12/h1-3H,4-5H2. The summed E-state index contributed by atoms with van der Waals surface area (Å²) in [6.45, 7) is -2.61. The number of ether oxygens (including phenoxy) is 2. The summed E-state index contributed by atoms with van der Waals surface area (Å²) >= 11 is 1.81. The Morgan fingerprint density at radius 1 is 1.12 bits per heavy atom. The molecule has 0 heterocycles. The number of rotatable bonds is 4. The molecule has 1 aromatic carbocycles. The molecule has 0 aromatic heterocycles. The molecule has 0 aliphatic rings. The maximum absolute atomic E-state index is 12.0. The Morgan fingerprint density at radius 2 is 1.71 bits per heavy atom. The van der Waals surface area contributed by atoms with E-state index >= 15 is 0 Å². The predicted octanol–water partition coefficient (Wildman–Crippen LogP) is 2.04. The first-order chi connectivity index (χ1) is 8.08. The Kier molecular flexibility index (Phi) is 5.26. The van der Waals surface area contributed by atoms with Gasteiger partial charge in [0.2, 0.25) is 0 Å². The molecule has 0 saturated heterocycles. The third-order valence-electron chi connectivity index (χ3n) is 1.59. The van der Waals surface area contributed by atoms with Crippen LogP contribution in [-0.2, 0) is 9.59 Å². The van der Waals surface area contributed by atoms with Gasteiger partial charge in [-0.3, -0.25) is 0 Å². The lowest BCUT2D eigenvalue weighted by Gasteiger charge is -2.10. The van der Waals surface area contributed by atoms with Gasteiger partial charge in [-0.25, -0.2) is 18.4 Å². The number of benzene rings is 1. The van der Waals surface area contributed by atoms with E-state index in [1.807, 2.05) is 22.6 Å². The molecule has 17 heavy (non-hydrogen) atoms. The smallest absolute Gasteiger partial charge is 0.343 e. The van der Waals surface area contributed by atoms with Gasteiger partial charge in [-0.2, -0.15) is 0 Å². The maximum Gasteiger partial charge on any atom is 0.343 e. The van der Waals surface area contributed by atoms with E-state index in [-0.39, 0.29) is 11.5 Å². The molecule has 0 N–H and O–H groups in total. The summed E-state index contributed by atoms with van der Waals surface area (Å²) < 4.78 is 33.7. The summed E-state index contributed by atoms with van der Waals surface area (Å²) in [5.41, 5.74) is 0. The molecule has 0 saturated carbocycles. The van der Waals surface area contributed by atoms with E-state index in [0.717, 1.165) is 0 Å². The van der Waals surface area contributed by atoms with Crippen LogP contribution in [0.1, 0.15) is 0 Å². The quantitative estimate of drug-likeness (QED) is 0.471. The van der Waals surface area contributed by atoms with E-state index in [4.69, 9.17) is 0 Å². The second-order valence-electron chi connectivity index (χ2n) is 2.78. The second kappa shape index (κ2) is 6.48. The molecule has 0 aliphatic heterocycles. The van der Waals surface area contributed by atoms with Crippen LogP contribution in [0, 0.1) is 3.57 Å². The first-order valence-corrected chi connectivity index (χ1v) is 5.48. The molecule has 1 aromatic rings. The molecule has 0 aliphatic carbocycles. The largest absolute Gasteiger partial charge is 0.421 e. The average molecular weight is 356 g/mol. The van der Waals surface area contributed by atoms with Crippen LogP contribution >= 0.6 is 22.6 Å². The molecule has 4 nitrogen and oxygen atoms in total. The summed E-state index contributed by atoms with van der Waals surface area (Å²) in [5.74, 6) is -2.46. The number of hydrogen-bond acceptors (Lipinski definition) is 4. The zero-order chi connectivity index (χ0) is 12.8.